The van der Waals surface area contributed by atoms with Crippen molar-refractivity contribution in [1.29, 1.82) is 0 Å². The number of alkyl carbamates (subject to hydrolysis) is 2. The van der Waals surface area contributed by atoms with Crippen LogP contribution in [0.5, 0.6) is 5.75 Å². The molecular weight excluding hydrogens is 666 g/mol. The predicted molar refractivity (Wildman–Crippen MR) is 191 cm³/mol. The second kappa shape index (κ2) is 19.3. The van der Waals surface area contributed by atoms with Crippen LogP contribution in [0.4, 0.5) is 9.59 Å². The van der Waals surface area contributed by atoms with Gasteiger partial charge in [0.15, 0.2) is 6.10 Å². The van der Waals surface area contributed by atoms with Gasteiger partial charge < -0.3 is 30.0 Å². The van der Waals surface area contributed by atoms with E-state index in [2.05, 4.69) is 26.4 Å². The van der Waals surface area contributed by atoms with Crippen LogP contribution in [0.15, 0.2) is 46.3 Å². The first-order valence-electron chi connectivity index (χ1n) is 16.3. The SMILES string of the molecule is COc1cc(C)c(S(=O)ONC(=NCCCC(NC(=O)OC(C)(C)C)C(O)C(=O)NCCc2ccccc2)NC(=O)OC(C)(C)C)c(C)c1C. The van der Waals surface area contributed by atoms with Crippen LogP contribution in [0.3, 0.4) is 0 Å². The van der Waals surface area contributed by atoms with Gasteiger partial charge in [-0.1, -0.05) is 30.3 Å². The molecule has 0 spiro atoms. The van der Waals surface area contributed by atoms with Crippen molar-refractivity contribution in [2.24, 2.45) is 4.99 Å². The summed E-state index contributed by atoms with van der Waals surface area (Å²) >= 11 is -2.02. The fraction of sp³-hybridized carbons (Fsp3) is 0.543. The number of aliphatic hydroxyl groups excluding tert-OH is 1. The number of rotatable bonds is 14. The molecule has 2 aromatic carbocycles. The predicted octanol–water partition coefficient (Wildman–Crippen LogP) is 4.44. The number of nitrogens with one attached hydrogen (secondary N) is 4. The smallest absolute Gasteiger partial charge is 0.414 e. The van der Waals surface area contributed by atoms with Gasteiger partial charge >= 0.3 is 12.2 Å². The molecule has 0 radical (unpaired) electrons. The lowest BCUT2D eigenvalue weighted by atomic mass is 10.0. The van der Waals surface area contributed by atoms with Gasteiger partial charge in [-0.05, 0) is 110 Å². The number of aliphatic imine (C=N–C) groups is 1. The number of benzene rings is 2. The monoisotopic (exact) mass is 719 g/mol. The third-order valence-corrected chi connectivity index (χ3v) is 8.25. The zero-order valence-electron chi connectivity index (χ0n) is 30.7. The lowest BCUT2D eigenvalue weighted by molar-refractivity contribution is -0.130. The standard InChI is InChI=1S/C35H53N5O9S/c1-22-21-27(46-10)23(2)24(3)29(22)50(45)49-40-31(39-33(44)48-35(7,8)9)37-19-14-17-26(38-32(43)47-34(4,5)6)28(41)30(42)36-20-18-25-15-12-11-13-16-25/h11-13,15-16,21,26,28,41H,14,17-20H2,1-10H3,(H,36,42)(H,38,43)(H2,37,39,40,44). The summed E-state index contributed by atoms with van der Waals surface area (Å²) in [4.78, 5) is 42.8. The van der Waals surface area contributed by atoms with Gasteiger partial charge in [0.1, 0.15) is 17.0 Å². The number of nitrogens with zero attached hydrogens (tertiary/aromatic N) is 1. The highest BCUT2D eigenvalue weighted by Crippen LogP contribution is 2.29. The van der Waals surface area contributed by atoms with Gasteiger partial charge in [0.25, 0.3) is 5.91 Å². The van der Waals surface area contributed by atoms with Crippen molar-refractivity contribution in [1.82, 2.24) is 21.4 Å². The summed E-state index contributed by atoms with van der Waals surface area (Å²) in [6, 6.07) is 10.3. The molecule has 5 N–H and O–H groups in total. The van der Waals surface area contributed by atoms with Gasteiger partial charge in [-0.3, -0.25) is 15.1 Å². The normalized spacial score (nSPS) is 13.8. The van der Waals surface area contributed by atoms with Crippen molar-refractivity contribution < 1.29 is 42.2 Å². The number of aliphatic hydroxyl groups is 1. The van der Waals surface area contributed by atoms with Gasteiger partial charge in [0.05, 0.1) is 18.0 Å². The van der Waals surface area contributed by atoms with Gasteiger partial charge in [0.2, 0.25) is 17.0 Å². The third-order valence-electron chi connectivity index (χ3n) is 7.05. The molecule has 0 aliphatic heterocycles. The molecule has 0 heterocycles. The molecule has 50 heavy (non-hydrogen) atoms. The average molecular weight is 720 g/mol. The van der Waals surface area contributed by atoms with Crippen molar-refractivity contribution in [2.45, 2.75) is 110 Å². The molecule has 0 aromatic heterocycles. The number of hydroxylamine groups is 1. The number of amides is 3. The Labute approximate surface area is 297 Å². The van der Waals surface area contributed by atoms with Crippen molar-refractivity contribution in [2.75, 3.05) is 20.2 Å². The van der Waals surface area contributed by atoms with Crippen molar-refractivity contribution in [3.63, 3.8) is 0 Å². The summed E-state index contributed by atoms with van der Waals surface area (Å²) in [5, 5.41) is 18.7. The van der Waals surface area contributed by atoms with E-state index in [-0.39, 0.29) is 31.9 Å². The Morgan fingerprint density at radius 2 is 1.56 bits per heavy atom. The molecule has 3 unspecified atom stereocenters. The van der Waals surface area contributed by atoms with E-state index in [1.165, 1.54) is 0 Å². The third kappa shape index (κ3) is 14.7. The summed E-state index contributed by atoms with van der Waals surface area (Å²) in [6.45, 7) is 15.9. The highest BCUT2D eigenvalue weighted by molar-refractivity contribution is 7.80. The lowest BCUT2D eigenvalue weighted by Crippen LogP contribution is -2.51. The maximum Gasteiger partial charge on any atom is 0.414 e. The molecule has 278 valence electrons. The zero-order chi connectivity index (χ0) is 37.6. The Bertz CT molecular complexity index is 1500. The molecule has 0 saturated carbocycles. The Morgan fingerprint density at radius 1 is 0.940 bits per heavy atom. The number of aryl methyl sites for hydroxylation is 1. The summed E-state index contributed by atoms with van der Waals surface area (Å²) < 4.78 is 34.8. The number of carbonyl (C=O) groups excluding carboxylic acids is 3. The lowest BCUT2D eigenvalue weighted by Gasteiger charge is -2.26. The zero-order valence-corrected chi connectivity index (χ0v) is 31.5. The molecule has 15 heteroatoms. The number of hydrogen-bond donors (Lipinski definition) is 5. The average Bonchev–Trinajstić information content (AvgIpc) is 3.01. The molecule has 0 saturated heterocycles. The second-order valence-corrected chi connectivity index (χ2v) is 14.7. The van der Waals surface area contributed by atoms with E-state index >= 15 is 0 Å². The molecule has 0 aliphatic carbocycles. The number of hydrogen-bond acceptors (Lipinski definition) is 10. The fourth-order valence-corrected chi connectivity index (χ4v) is 5.60. The number of methoxy groups -OCH3 is 1. The molecule has 3 amide bonds. The van der Waals surface area contributed by atoms with Crippen molar-refractivity contribution in [3.05, 3.63) is 58.7 Å². The van der Waals surface area contributed by atoms with Gasteiger partial charge in [0, 0.05) is 13.1 Å². The van der Waals surface area contributed by atoms with E-state index in [0.29, 0.717) is 28.2 Å². The topological polar surface area (TPSA) is 186 Å². The van der Waals surface area contributed by atoms with Crippen LogP contribution in [0.2, 0.25) is 0 Å². The highest BCUT2D eigenvalue weighted by atomic mass is 32.2. The van der Waals surface area contributed by atoms with Gasteiger partial charge in [-0.2, -0.15) is 4.28 Å². The number of ether oxygens (including phenoxy) is 3. The Balaban J connectivity index is 2.17. The quantitative estimate of drug-likeness (QED) is 0.0809. The van der Waals surface area contributed by atoms with Crippen LogP contribution in [0, 0.1) is 20.8 Å². The van der Waals surface area contributed by atoms with Crippen molar-refractivity contribution >= 4 is 35.1 Å². The summed E-state index contributed by atoms with van der Waals surface area (Å²) in [5.74, 6) is -0.199. The van der Waals surface area contributed by atoms with Crippen LogP contribution >= 0.6 is 0 Å². The van der Waals surface area contributed by atoms with E-state index in [4.69, 9.17) is 18.5 Å². The number of carbonyl (C=O) groups is 3. The van der Waals surface area contributed by atoms with E-state index < -0.39 is 52.5 Å². The van der Waals surface area contributed by atoms with E-state index in [1.54, 1.807) is 68.6 Å². The molecule has 0 aliphatic rings. The molecule has 2 aromatic rings. The van der Waals surface area contributed by atoms with Crippen LogP contribution in [-0.2, 0) is 36.1 Å². The van der Waals surface area contributed by atoms with Crippen LogP contribution < -0.4 is 26.2 Å². The molecular formula is C35H53N5O9S. The molecule has 14 nitrogen and oxygen atoms in total. The molecule has 0 fully saturated rings. The first-order chi connectivity index (χ1) is 23.3. The van der Waals surface area contributed by atoms with E-state index in [0.717, 1.165) is 11.1 Å². The Hall–Kier alpha value is -4.21. The van der Waals surface area contributed by atoms with Crippen LogP contribution in [-0.4, -0.2) is 76.9 Å². The second-order valence-electron chi connectivity index (χ2n) is 13.6. The molecule has 0 bridgehead atoms. The van der Waals surface area contributed by atoms with Crippen LogP contribution in [0.25, 0.3) is 0 Å². The first kappa shape index (κ1) is 42.0. The maximum atomic E-state index is 13.2. The van der Waals surface area contributed by atoms with Crippen molar-refractivity contribution in [3.8, 4) is 5.75 Å². The summed E-state index contributed by atoms with van der Waals surface area (Å²) in [6.07, 6.45) is -2.34. The molecule has 2 rings (SSSR count). The van der Waals surface area contributed by atoms with Gasteiger partial charge in [-0.25, -0.2) is 19.3 Å². The Morgan fingerprint density at radius 3 is 2.16 bits per heavy atom. The minimum absolute atomic E-state index is 0.0304. The van der Waals surface area contributed by atoms with E-state index in [9.17, 15) is 23.7 Å². The Kier molecular flexibility index (Phi) is 16.2. The minimum Gasteiger partial charge on any atom is -0.496 e. The van der Waals surface area contributed by atoms with Gasteiger partial charge in [-0.15, -0.1) is 0 Å². The fourth-order valence-electron chi connectivity index (χ4n) is 4.64. The summed E-state index contributed by atoms with van der Waals surface area (Å²) in [7, 11) is 1.56. The van der Waals surface area contributed by atoms with Crippen LogP contribution in [0.1, 0.15) is 76.6 Å². The summed E-state index contributed by atoms with van der Waals surface area (Å²) in [5.41, 5.74) is 4.05. The maximum absolute atomic E-state index is 13.2. The largest absolute Gasteiger partial charge is 0.496 e. The van der Waals surface area contributed by atoms with E-state index in [1.807, 2.05) is 37.3 Å². The first-order valence-corrected chi connectivity index (χ1v) is 17.4. The molecule has 3 atom stereocenters. The minimum atomic E-state index is -2.02. The number of guanidine groups is 1. The highest BCUT2D eigenvalue weighted by Gasteiger charge is 2.29.